The molecule has 0 aliphatic carbocycles. The van der Waals surface area contributed by atoms with Gasteiger partial charge < -0.3 is 9.32 Å². The van der Waals surface area contributed by atoms with E-state index in [1.54, 1.807) is 19.3 Å². The summed E-state index contributed by atoms with van der Waals surface area (Å²) in [7, 11) is 2.78. The van der Waals surface area contributed by atoms with Crippen LogP contribution in [0.2, 0.25) is 5.02 Å². The number of carbonyl (C=O) groups excluding carboxylic acids is 1. The van der Waals surface area contributed by atoms with E-state index in [-0.39, 0.29) is 11.7 Å². The maximum absolute atomic E-state index is 12.8. The summed E-state index contributed by atoms with van der Waals surface area (Å²) in [5, 5.41) is 2.65. The molecule has 0 fully saturated rings. The minimum atomic E-state index is -4.71. The highest BCUT2D eigenvalue weighted by Crippen LogP contribution is 2.35. The predicted molar refractivity (Wildman–Crippen MR) is 81.8 cm³/mol. The van der Waals surface area contributed by atoms with Crippen molar-refractivity contribution in [1.82, 2.24) is 14.7 Å². The Balaban J connectivity index is 2.14. The van der Waals surface area contributed by atoms with Gasteiger partial charge in [-0.15, -0.1) is 0 Å². The molecule has 1 amide bonds. The van der Waals surface area contributed by atoms with E-state index < -0.39 is 22.8 Å². The van der Waals surface area contributed by atoms with Crippen molar-refractivity contribution in [2.24, 2.45) is 7.05 Å². The van der Waals surface area contributed by atoms with Crippen LogP contribution < -0.4 is 0 Å². The molecule has 0 aliphatic heterocycles. The average Bonchev–Trinajstić information content (AvgIpc) is 3.11. The van der Waals surface area contributed by atoms with E-state index in [9.17, 15) is 18.0 Å². The van der Waals surface area contributed by atoms with Crippen molar-refractivity contribution in [3.8, 4) is 0 Å². The van der Waals surface area contributed by atoms with Gasteiger partial charge in [0.1, 0.15) is 16.5 Å². The zero-order chi connectivity index (χ0) is 18.1. The Morgan fingerprint density at radius 3 is 2.67 bits per heavy atom. The molecule has 0 saturated carbocycles. The second kappa shape index (κ2) is 6.88. The molecule has 0 saturated heterocycles. The van der Waals surface area contributed by atoms with Gasteiger partial charge >= 0.3 is 6.18 Å². The van der Waals surface area contributed by atoms with E-state index in [2.05, 4.69) is 5.10 Å². The van der Waals surface area contributed by atoms with E-state index in [1.165, 1.54) is 19.0 Å². The number of alkyl halides is 3. The minimum absolute atomic E-state index is 0.220. The van der Waals surface area contributed by atoms with Gasteiger partial charge in [-0.1, -0.05) is 11.6 Å². The first-order valence-electron chi connectivity index (χ1n) is 7.22. The van der Waals surface area contributed by atoms with Crippen LogP contribution in [-0.4, -0.2) is 33.7 Å². The smallest absolute Gasteiger partial charge is 0.436 e. The summed E-state index contributed by atoms with van der Waals surface area (Å²) in [5.74, 6) is 0.165. The molecule has 1 atom stereocenters. The molecule has 5 nitrogen and oxygen atoms in total. The number of rotatable bonds is 5. The number of aromatic nitrogens is 2. The third-order valence-corrected chi connectivity index (χ3v) is 4.19. The van der Waals surface area contributed by atoms with Crippen LogP contribution in [0.3, 0.4) is 0 Å². The first kappa shape index (κ1) is 18.4. The lowest BCUT2D eigenvalue weighted by molar-refractivity contribution is -0.141. The number of hydrogen-bond acceptors (Lipinski definition) is 3. The highest BCUT2D eigenvalue weighted by atomic mass is 35.5. The van der Waals surface area contributed by atoms with Gasteiger partial charge in [-0.05, 0) is 25.5 Å². The van der Waals surface area contributed by atoms with Crippen molar-refractivity contribution in [1.29, 1.82) is 0 Å². The second-order valence-corrected chi connectivity index (χ2v) is 5.89. The Bertz CT molecular complexity index is 710. The van der Waals surface area contributed by atoms with Crippen molar-refractivity contribution >= 4 is 17.5 Å². The van der Waals surface area contributed by atoms with Crippen LogP contribution in [0.1, 0.15) is 35.3 Å². The van der Waals surface area contributed by atoms with E-state index in [1.807, 2.05) is 6.07 Å². The number of carbonyl (C=O) groups is 1. The fourth-order valence-electron chi connectivity index (χ4n) is 2.28. The molecule has 132 valence electrons. The Hall–Kier alpha value is -1.96. The van der Waals surface area contributed by atoms with E-state index in [0.717, 1.165) is 10.4 Å². The van der Waals surface area contributed by atoms with Gasteiger partial charge in [0.05, 0.1) is 6.26 Å². The number of nitrogens with zero attached hydrogens (tertiary/aromatic N) is 3. The lowest BCUT2D eigenvalue weighted by Gasteiger charge is -2.24. The SMILES string of the molecule is CC(CCc1ccco1)N(C)C(=O)c1c(Cl)c(C(F)(F)F)nn1C. The van der Waals surface area contributed by atoms with Gasteiger partial charge in [-0.3, -0.25) is 9.48 Å². The normalized spacial score (nSPS) is 13.1. The van der Waals surface area contributed by atoms with Gasteiger partial charge in [0.2, 0.25) is 0 Å². The first-order chi connectivity index (χ1) is 11.1. The largest absolute Gasteiger partial charge is 0.469 e. The lowest BCUT2D eigenvalue weighted by atomic mass is 10.1. The lowest BCUT2D eigenvalue weighted by Crippen LogP contribution is -2.36. The fraction of sp³-hybridized carbons (Fsp3) is 0.467. The van der Waals surface area contributed by atoms with Crippen molar-refractivity contribution in [3.05, 3.63) is 40.6 Å². The van der Waals surface area contributed by atoms with Crippen molar-refractivity contribution in [3.63, 3.8) is 0 Å². The third-order valence-electron chi connectivity index (χ3n) is 3.83. The van der Waals surface area contributed by atoms with Crippen molar-refractivity contribution < 1.29 is 22.4 Å². The molecule has 2 rings (SSSR count). The predicted octanol–water partition coefficient (Wildman–Crippen LogP) is 3.78. The zero-order valence-corrected chi connectivity index (χ0v) is 14.1. The summed E-state index contributed by atoms with van der Waals surface area (Å²) in [6, 6.07) is 3.37. The third kappa shape index (κ3) is 3.75. The van der Waals surface area contributed by atoms with Gasteiger partial charge in [0.15, 0.2) is 5.69 Å². The molecule has 0 aromatic carbocycles. The summed E-state index contributed by atoms with van der Waals surface area (Å²) >= 11 is 5.75. The molecule has 2 aromatic rings. The number of halogens is 4. The summed E-state index contributed by atoms with van der Waals surface area (Å²) in [6.45, 7) is 1.80. The average molecular weight is 364 g/mol. The molecule has 24 heavy (non-hydrogen) atoms. The second-order valence-electron chi connectivity index (χ2n) is 5.52. The van der Waals surface area contributed by atoms with Gasteiger partial charge in [-0.25, -0.2) is 0 Å². The maximum atomic E-state index is 12.8. The summed E-state index contributed by atoms with van der Waals surface area (Å²) in [6.07, 6.45) is -1.95. The molecular weight excluding hydrogens is 347 g/mol. The summed E-state index contributed by atoms with van der Waals surface area (Å²) < 4.78 is 44.6. The molecule has 0 N–H and O–H groups in total. The fourth-order valence-corrected chi connectivity index (χ4v) is 2.63. The number of hydrogen-bond donors (Lipinski definition) is 0. The van der Waals surface area contributed by atoms with E-state index in [0.29, 0.717) is 12.8 Å². The molecule has 9 heteroatoms. The van der Waals surface area contributed by atoms with E-state index in [4.69, 9.17) is 16.0 Å². The van der Waals surface area contributed by atoms with Crippen molar-refractivity contribution in [2.45, 2.75) is 32.0 Å². The number of furan rings is 1. The molecule has 0 aliphatic rings. The molecule has 0 radical (unpaired) electrons. The topological polar surface area (TPSA) is 51.3 Å². The molecule has 2 aromatic heterocycles. The zero-order valence-electron chi connectivity index (χ0n) is 13.4. The quantitative estimate of drug-likeness (QED) is 0.812. The summed E-state index contributed by atoms with van der Waals surface area (Å²) in [5.41, 5.74) is -1.54. The van der Waals surface area contributed by atoms with Gasteiger partial charge in [0.25, 0.3) is 5.91 Å². The van der Waals surface area contributed by atoms with Gasteiger partial charge in [-0.2, -0.15) is 18.3 Å². The Kier molecular flexibility index (Phi) is 5.27. The Morgan fingerprint density at radius 2 is 2.17 bits per heavy atom. The van der Waals surface area contributed by atoms with E-state index >= 15 is 0 Å². The van der Waals surface area contributed by atoms with Crippen LogP contribution in [0, 0.1) is 0 Å². The molecule has 2 heterocycles. The standard InChI is InChI=1S/C15H17ClF3N3O2/c1-9(6-7-10-5-4-8-24-10)21(2)14(23)12-11(16)13(15(17,18)19)20-22(12)3/h4-5,8-9H,6-7H2,1-3H3. The molecular formula is C15H17ClF3N3O2. The van der Waals surface area contributed by atoms with Crippen LogP contribution in [0.15, 0.2) is 22.8 Å². The summed E-state index contributed by atoms with van der Waals surface area (Å²) in [4.78, 5) is 13.9. The number of aryl methyl sites for hydroxylation is 2. The maximum Gasteiger partial charge on any atom is 0.436 e. The van der Waals surface area contributed by atoms with Crippen LogP contribution in [0.5, 0.6) is 0 Å². The van der Waals surface area contributed by atoms with Crippen molar-refractivity contribution in [2.75, 3.05) is 7.05 Å². The van der Waals surface area contributed by atoms with Crippen LogP contribution in [0.25, 0.3) is 0 Å². The van der Waals surface area contributed by atoms with Crippen LogP contribution >= 0.6 is 11.6 Å². The molecule has 0 spiro atoms. The van der Waals surface area contributed by atoms with Gasteiger partial charge in [0, 0.05) is 26.6 Å². The van der Waals surface area contributed by atoms with Crippen LogP contribution in [-0.2, 0) is 19.6 Å². The molecule has 0 bridgehead atoms. The van der Waals surface area contributed by atoms with Crippen LogP contribution in [0.4, 0.5) is 13.2 Å². The highest BCUT2D eigenvalue weighted by Gasteiger charge is 2.40. The highest BCUT2D eigenvalue weighted by molar-refractivity contribution is 6.34. The minimum Gasteiger partial charge on any atom is -0.469 e. The Morgan fingerprint density at radius 1 is 1.50 bits per heavy atom. The monoisotopic (exact) mass is 363 g/mol. The molecule has 1 unspecified atom stereocenters. The Labute approximate surface area is 142 Å². The number of amides is 1. The first-order valence-corrected chi connectivity index (χ1v) is 7.60.